The predicted octanol–water partition coefficient (Wildman–Crippen LogP) is 3.25. The molecule has 2 heterocycles. The van der Waals surface area contributed by atoms with E-state index >= 15 is 0 Å². The number of nitrogens with one attached hydrogen (secondary N) is 1. The van der Waals surface area contributed by atoms with Crippen molar-refractivity contribution >= 4 is 17.4 Å². The lowest BCUT2D eigenvalue weighted by molar-refractivity contribution is 0.193. The zero-order valence-corrected chi connectivity index (χ0v) is 11.8. The van der Waals surface area contributed by atoms with E-state index in [0.29, 0.717) is 12.5 Å². The van der Waals surface area contributed by atoms with Crippen molar-refractivity contribution < 1.29 is 4.74 Å². The van der Waals surface area contributed by atoms with Crippen LogP contribution in [0.5, 0.6) is 0 Å². The molecule has 1 aliphatic heterocycles. The lowest BCUT2D eigenvalue weighted by atomic mass is 10.1. The Balaban J connectivity index is 1.66. The Labute approximate surface area is 123 Å². The van der Waals surface area contributed by atoms with Crippen molar-refractivity contribution in [2.45, 2.75) is 18.9 Å². The molecular weight excluding hydrogens is 274 g/mol. The maximum atomic E-state index is 5.97. The average molecular weight is 290 g/mol. The van der Waals surface area contributed by atoms with Crippen LogP contribution in [0.4, 0.5) is 5.82 Å². The average Bonchev–Trinajstić information content (AvgIpc) is 3.00. The summed E-state index contributed by atoms with van der Waals surface area (Å²) in [5, 5.41) is 4.05. The van der Waals surface area contributed by atoms with E-state index in [-0.39, 0.29) is 0 Å². The first-order valence-corrected chi connectivity index (χ1v) is 7.07. The van der Waals surface area contributed by atoms with Crippen molar-refractivity contribution in [1.29, 1.82) is 0 Å². The Morgan fingerprint density at radius 1 is 1.30 bits per heavy atom. The summed E-state index contributed by atoms with van der Waals surface area (Å²) in [5.74, 6) is 1.23. The molecule has 0 saturated carbocycles. The molecule has 1 atom stereocenters. The van der Waals surface area contributed by atoms with Gasteiger partial charge in [-0.15, -0.1) is 0 Å². The maximum absolute atomic E-state index is 5.97. The van der Waals surface area contributed by atoms with Crippen LogP contribution in [0.25, 0.3) is 0 Å². The molecule has 20 heavy (non-hydrogen) atoms. The number of anilines is 1. The van der Waals surface area contributed by atoms with Crippen LogP contribution in [0.2, 0.25) is 5.02 Å². The van der Waals surface area contributed by atoms with Gasteiger partial charge in [0.15, 0.2) is 0 Å². The van der Waals surface area contributed by atoms with Gasteiger partial charge in [-0.2, -0.15) is 0 Å². The van der Waals surface area contributed by atoms with Gasteiger partial charge in [-0.25, -0.2) is 9.97 Å². The largest absolute Gasteiger partial charge is 0.381 e. The van der Waals surface area contributed by atoms with Crippen LogP contribution in [0.15, 0.2) is 36.7 Å². The lowest BCUT2D eigenvalue weighted by Gasteiger charge is -2.10. The van der Waals surface area contributed by atoms with Crippen LogP contribution in [-0.2, 0) is 11.3 Å². The van der Waals surface area contributed by atoms with Crippen molar-refractivity contribution in [3.63, 3.8) is 0 Å². The second kappa shape index (κ2) is 6.20. The number of halogens is 1. The molecule has 1 N–H and O–H groups in total. The minimum atomic E-state index is 0.393. The quantitative estimate of drug-likeness (QED) is 0.938. The van der Waals surface area contributed by atoms with Crippen molar-refractivity contribution in [2.75, 3.05) is 18.5 Å². The van der Waals surface area contributed by atoms with E-state index in [1.54, 1.807) is 6.33 Å². The van der Waals surface area contributed by atoms with Crippen LogP contribution < -0.4 is 5.32 Å². The molecule has 4 nitrogen and oxygen atoms in total. The fraction of sp³-hybridized carbons (Fsp3) is 0.333. The van der Waals surface area contributed by atoms with Crippen molar-refractivity contribution in [3.8, 4) is 0 Å². The van der Waals surface area contributed by atoms with Gasteiger partial charge in [-0.05, 0) is 24.1 Å². The fourth-order valence-corrected chi connectivity index (χ4v) is 2.51. The molecule has 1 aliphatic rings. The highest BCUT2D eigenvalue weighted by molar-refractivity contribution is 6.30. The molecule has 0 radical (unpaired) electrons. The van der Waals surface area contributed by atoms with Gasteiger partial charge in [-0.3, -0.25) is 0 Å². The van der Waals surface area contributed by atoms with Crippen LogP contribution in [0.3, 0.4) is 0 Å². The summed E-state index contributed by atoms with van der Waals surface area (Å²) in [6.07, 6.45) is 2.64. The molecular formula is C15H16ClN3O. The third kappa shape index (κ3) is 3.26. The molecule has 0 aliphatic carbocycles. The summed E-state index contributed by atoms with van der Waals surface area (Å²) >= 11 is 5.97. The number of hydrogen-bond donors (Lipinski definition) is 1. The second-order valence-electron chi connectivity index (χ2n) is 4.87. The Kier molecular flexibility index (Phi) is 4.14. The van der Waals surface area contributed by atoms with E-state index in [0.717, 1.165) is 41.7 Å². The van der Waals surface area contributed by atoms with Crippen molar-refractivity contribution in [1.82, 2.24) is 9.97 Å². The van der Waals surface area contributed by atoms with E-state index < -0.39 is 0 Å². The van der Waals surface area contributed by atoms with Gasteiger partial charge in [0.1, 0.15) is 12.1 Å². The first kappa shape index (κ1) is 13.3. The Morgan fingerprint density at radius 3 is 3.05 bits per heavy atom. The molecule has 0 spiro atoms. The molecule has 104 valence electrons. The number of benzene rings is 1. The third-order valence-corrected chi connectivity index (χ3v) is 3.63. The summed E-state index contributed by atoms with van der Waals surface area (Å²) < 4.78 is 5.40. The van der Waals surface area contributed by atoms with Gasteiger partial charge in [0, 0.05) is 30.2 Å². The van der Waals surface area contributed by atoms with Crippen LogP contribution in [0, 0.1) is 0 Å². The van der Waals surface area contributed by atoms with E-state index in [9.17, 15) is 0 Å². The summed E-state index contributed by atoms with van der Waals surface area (Å²) in [6.45, 7) is 2.27. The van der Waals surface area contributed by atoms with Gasteiger partial charge in [0.25, 0.3) is 0 Å². The van der Waals surface area contributed by atoms with Crippen molar-refractivity contribution in [2.24, 2.45) is 0 Å². The van der Waals surface area contributed by atoms with Gasteiger partial charge < -0.3 is 10.1 Å². The molecule has 0 amide bonds. The number of nitrogens with zero attached hydrogens (tertiary/aromatic N) is 2. The summed E-state index contributed by atoms with van der Waals surface area (Å²) in [5.41, 5.74) is 2.17. The first-order valence-electron chi connectivity index (χ1n) is 6.69. The lowest BCUT2D eigenvalue weighted by Crippen LogP contribution is -2.06. The molecule has 1 saturated heterocycles. The van der Waals surface area contributed by atoms with Crippen molar-refractivity contribution in [3.05, 3.63) is 52.9 Å². The SMILES string of the molecule is Clc1cccc(CNc2cc([C@H]3CCOC3)ncn2)c1. The fourth-order valence-electron chi connectivity index (χ4n) is 2.30. The van der Waals surface area contributed by atoms with Crippen LogP contribution in [0.1, 0.15) is 23.6 Å². The Hall–Kier alpha value is -1.65. The monoisotopic (exact) mass is 289 g/mol. The molecule has 1 fully saturated rings. The molecule has 1 aromatic carbocycles. The topological polar surface area (TPSA) is 47.0 Å². The Morgan fingerprint density at radius 2 is 2.25 bits per heavy atom. The van der Waals surface area contributed by atoms with Crippen LogP contribution in [-0.4, -0.2) is 23.2 Å². The van der Waals surface area contributed by atoms with E-state index in [2.05, 4.69) is 15.3 Å². The third-order valence-electron chi connectivity index (χ3n) is 3.40. The molecule has 5 heteroatoms. The number of ether oxygens (including phenoxy) is 1. The highest BCUT2D eigenvalue weighted by Crippen LogP contribution is 2.24. The maximum Gasteiger partial charge on any atom is 0.129 e. The zero-order valence-electron chi connectivity index (χ0n) is 11.1. The van der Waals surface area contributed by atoms with Gasteiger partial charge in [-0.1, -0.05) is 23.7 Å². The summed E-state index contributed by atoms with van der Waals surface area (Å²) in [4.78, 5) is 8.59. The zero-order chi connectivity index (χ0) is 13.8. The van der Waals surface area contributed by atoms with E-state index in [4.69, 9.17) is 16.3 Å². The standard InChI is InChI=1S/C15H16ClN3O/c16-13-3-1-2-11(6-13)8-17-15-7-14(18-10-19-15)12-4-5-20-9-12/h1-3,6-7,10,12H,4-5,8-9H2,(H,17,18,19)/t12-/m0/s1. The number of rotatable bonds is 4. The minimum Gasteiger partial charge on any atom is -0.381 e. The summed E-state index contributed by atoms with van der Waals surface area (Å²) in [6, 6.07) is 9.80. The number of aromatic nitrogens is 2. The van der Waals surface area contributed by atoms with Gasteiger partial charge in [0.05, 0.1) is 12.3 Å². The van der Waals surface area contributed by atoms with E-state index in [1.165, 1.54) is 0 Å². The highest BCUT2D eigenvalue weighted by atomic mass is 35.5. The molecule has 0 unspecified atom stereocenters. The first-order chi connectivity index (χ1) is 9.81. The van der Waals surface area contributed by atoms with Gasteiger partial charge in [0.2, 0.25) is 0 Å². The minimum absolute atomic E-state index is 0.393. The summed E-state index contributed by atoms with van der Waals surface area (Å²) in [7, 11) is 0. The van der Waals surface area contributed by atoms with Crippen LogP contribution >= 0.6 is 11.6 Å². The van der Waals surface area contributed by atoms with E-state index in [1.807, 2.05) is 30.3 Å². The van der Waals surface area contributed by atoms with Gasteiger partial charge >= 0.3 is 0 Å². The molecule has 0 bridgehead atoms. The normalized spacial score (nSPS) is 18.1. The highest BCUT2D eigenvalue weighted by Gasteiger charge is 2.19. The Bertz CT molecular complexity index is 585. The predicted molar refractivity (Wildman–Crippen MR) is 79.0 cm³/mol. The number of hydrogen-bond acceptors (Lipinski definition) is 4. The smallest absolute Gasteiger partial charge is 0.129 e. The molecule has 2 aromatic rings. The second-order valence-corrected chi connectivity index (χ2v) is 5.31. The molecule has 3 rings (SSSR count). The molecule has 1 aromatic heterocycles.